The summed E-state index contributed by atoms with van der Waals surface area (Å²) >= 11 is 0. The van der Waals surface area contributed by atoms with Crippen LogP contribution >= 0.6 is 0 Å². The molecule has 0 saturated carbocycles. The summed E-state index contributed by atoms with van der Waals surface area (Å²) in [7, 11) is 1.06. The van der Waals surface area contributed by atoms with Crippen molar-refractivity contribution in [3.05, 3.63) is 59.2 Å². The van der Waals surface area contributed by atoms with Gasteiger partial charge in [-0.3, -0.25) is 9.59 Å². The van der Waals surface area contributed by atoms with Crippen LogP contribution in [0.5, 0.6) is 0 Å². The molecule has 2 aromatic carbocycles. The van der Waals surface area contributed by atoms with Crippen LogP contribution in [0, 0.1) is 11.6 Å². The Morgan fingerprint density at radius 2 is 1.90 bits per heavy atom. The van der Waals surface area contributed by atoms with E-state index in [1.54, 1.807) is 12.1 Å². The number of nitrogens with one attached hydrogen (secondary N) is 2. The lowest BCUT2D eigenvalue weighted by Gasteiger charge is -2.12. The zero-order chi connectivity index (χ0) is 21.0. The van der Waals surface area contributed by atoms with Gasteiger partial charge in [0.05, 0.1) is 18.4 Å². The molecule has 0 unspecified atom stereocenters. The number of carbonyl (C=O) groups excluding carboxylic acids is 3. The molecule has 3 rings (SSSR count). The fourth-order valence-electron chi connectivity index (χ4n) is 2.85. The molecule has 2 N–H and O–H groups in total. The molecular formula is C20H18F2N2O5. The molecule has 0 aromatic heterocycles. The van der Waals surface area contributed by atoms with E-state index < -0.39 is 35.2 Å². The Kier molecular flexibility index (Phi) is 6.18. The number of rotatable bonds is 5. The van der Waals surface area contributed by atoms with Gasteiger partial charge in [0.1, 0.15) is 17.7 Å². The highest BCUT2D eigenvalue weighted by Gasteiger charge is 2.24. The number of halogens is 2. The van der Waals surface area contributed by atoms with Crippen molar-refractivity contribution >= 4 is 29.2 Å². The molecule has 0 radical (unpaired) electrons. The molecule has 9 heteroatoms. The minimum absolute atomic E-state index is 0.124. The predicted octanol–water partition coefficient (Wildman–Crippen LogP) is 3.12. The minimum atomic E-state index is -1.11. The van der Waals surface area contributed by atoms with Crippen LogP contribution in [0.25, 0.3) is 0 Å². The molecule has 1 fully saturated rings. The molecule has 1 aliphatic rings. The van der Waals surface area contributed by atoms with Crippen molar-refractivity contribution in [3.8, 4) is 0 Å². The van der Waals surface area contributed by atoms with Crippen LogP contribution in [0.15, 0.2) is 36.4 Å². The highest BCUT2D eigenvalue weighted by Crippen LogP contribution is 2.22. The van der Waals surface area contributed by atoms with E-state index in [1.807, 2.05) is 0 Å². The number of anilines is 2. The average molecular weight is 404 g/mol. The van der Waals surface area contributed by atoms with Gasteiger partial charge in [-0.15, -0.1) is 0 Å². The predicted molar refractivity (Wildman–Crippen MR) is 99.7 cm³/mol. The second-order valence-electron chi connectivity index (χ2n) is 6.33. The minimum Gasteiger partial charge on any atom is -0.465 e. The van der Waals surface area contributed by atoms with Crippen LogP contribution < -0.4 is 10.6 Å². The molecule has 7 nitrogen and oxygen atoms in total. The molecule has 152 valence electrons. The Labute approximate surface area is 165 Å². The number of esters is 1. The van der Waals surface area contributed by atoms with Crippen LogP contribution in [0.1, 0.15) is 33.6 Å². The first-order valence-electron chi connectivity index (χ1n) is 8.80. The van der Waals surface area contributed by atoms with Crippen molar-refractivity contribution in [1.29, 1.82) is 0 Å². The second-order valence-corrected chi connectivity index (χ2v) is 6.33. The van der Waals surface area contributed by atoms with E-state index in [4.69, 9.17) is 4.74 Å². The molecule has 2 amide bonds. The second kappa shape index (κ2) is 8.78. The van der Waals surface area contributed by atoms with E-state index in [1.165, 1.54) is 12.1 Å². The van der Waals surface area contributed by atoms with Crippen LogP contribution in [-0.4, -0.2) is 37.6 Å². The number of amides is 2. The van der Waals surface area contributed by atoms with Gasteiger partial charge in [0.15, 0.2) is 0 Å². The summed E-state index contributed by atoms with van der Waals surface area (Å²) < 4.78 is 37.5. The maximum atomic E-state index is 14.0. The molecule has 1 saturated heterocycles. The lowest BCUT2D eigenvalue weighted by Crippen LogP contribution is -2.27. The van der Waals surface area contributed by atoms with Gasteiger partial charge in [-0.1, -0.05) is 6.07 Å². The van der Waals surface area contributed by atoms with Gasteiger partial charge < -0.3 is 20.1 Å². The third kappa shape index (κ3) is 4.75. The Bertz CT molecular complexity index is 958. The van der Waals surface area contributed by atoms with Gasteiger partial charge in [-0.25, -0.2) is 13.6 Å². The maximum Gasteiger partial charge on any atom is 0.340 e. The Balaban J connectivity index is 1.76. The summed E-state index contributed by atoms with van der Waals surface area (Å²) in [5, 5.41) is 4.95. The van der Waals surface area contributed by atoms with Gasteiger partial charge in [-0.2, -0.15) is 0 Å². The van der Waals surface area contributed by atoms with E-state index in [2.05, 4.69) is 15.4 Å². The lowest BCUT2D eigenvalue weighted by molar-refractivity contribution is -0.124. The van der Waals surface area contributed by atoms with Crippen molar-refractivity contribution in [2.24, 2.45) is 0 Å². The molecule has 0 bridgehead atoms. The number of carbonyl (C=O) groups is 3. The fourth-order valence-corrected chi connectivity index (χ4v) is 2.85. The zero-order valence-corrected chi connectivity index (χ0v) is 15.5. The zero-order valence-electron chi connectivity index (χ0n) is 15.5. The summed E-state index contributed by atoms with van der Waals surface area (Å²) in [6.07, 6.45) is 0.896. The Morgan fingerprint density at radius 3 is 2.59 bits per heavy atom. The average Bonchev–Trinajstić information content (AvgIpc) is 3.24. The van der Waals surface area contributed by atoms with E-state index in [-0.39, 0.29) is 17.2 Å². The smallest absolute Gasteiger partial charge is 0.340 e. The first kappa shape index (κ1) is 20.4. The number of hydrogen-bond donors (Lipinski definition) is 2. The van der Waals surface area contributed by atoms with Crippen LogP contribution in [0.2, 0.25) is 0 Å². The molecule has 0 spiro atoms. The summed E-state index contributed by atoms with van der Waals surface area (Å²) in [5.41, 5.74) is -0.404. The third-order valence-corrected chi connectivity index (χ3v) is 4.32. The SMILES string of the molecule is COC(=O)c1cc(NC(=O)c2cccc(NC(=O)[C@H]3CCCO3)c2)c(F)cc1F. The van der Waals surface area contributed by atoms with Crippen LogP contribution in [0.4, 0.5) is 20.2 Å². The largest absolute Gasteiger partial charge is 0.465 e. The number of benzene rings is 2. The summed E-state index contributed by atoms with van der Waals surface area (Å²) in [4.78, 5) is 36.2. The topological polar surface area (TPSA) is 93.7 Å². The molecule has 29 heavy (non-hydrogen) atoms. The fraction of sp³-hybridized carbons (Fsp3) is 0.250. The molecular weight excluding hydrogens is 386 g/mol. The summed E-state index contributed by atoms with van der Waals surface area (Å²) in [6.45, 7) is 0.525. The molecule has 2 aromatic rings. The van der Waals surface area contributed by atoms with Gasteiger partial charge in [0.2, 0.25) is 0 Å². The molecule has 0 aliphatic carbocycles. The molecule has 1 aliphatic heterocycles. The first-order valence-corrected chi connectivity index (χ1v) is 8.80. The number of methoxy groups -OCH3 is 1. The van der Waals surface area contributed by atoms with E-state index >= 15 is 0 Å². The summed E-state index contributed by atoms with van der Waals surface area (Å²) in [5.74, 6) is -4.18. The van der Waals surface area contributed by atoms with Gasteiger partial charge in [-0.05, 0) is 37.1 Å². The Hall–Kier alpha value is -3.33. The van der Waals surface area contributed by atoms with Gasteiger partial charge in [0, 0.05) is 23.9 Å². The highest BCUT2D eigenvalue weighted by atomic mass is 19.1. The summed E-state index contributed by atoms with van der Waals surface area (Å²) in [6, 6.07) is 7.35. The lowest BCUT2D eigenvalue weighted by atomic mass is 10.1. The quantitative estimate of drug-likeness (QED) is 0.747. The van der Waals surface area contributed by atoms with Crippen LogP contribution in [-0.2, 0) is 14.3 Å². The van der Waals surface area contributed by atoms with Gasteiger partial charge in [0.25, 0.3) is 11.8 Å². The highest BCUT2D eigenvalue weighted by molar-refractivity contribution is 6.06. The van der Waals surface area contributed by atoms with E-state index in [9.17, 15) is 23.2 Å². The van der Waals surface area contributed by atoms with Gasteiger partial charge >= 0.3 is 5.97 Å². The number of ether oxygens (including phenoxy) is 2. The van der Waals surface area contributed by atoms with E-state index in [0.29, 0.717) is 24.8 Å². The first-order chi connectivity index (χ1) is 13.9. The van der Waals surface area contributed by atoms with Crippen molar-refractivity contribution in [2.45, 2.75) is 18.9 Å². The van der Waals surface area contributed by atoms with Crippen molar-refractivity contribution < 1.29 is 32.6 Å². The molecule has 1 heterocycles. The van der Waals surface area contributed by atoms with Crippen molar-refractivity contribution in [1.82, 2.24) is 0 Å². The van der Waals surface area contributed by atoms with Crippen molar-refractivity contribution in [2.75, 3.05) is 24.4 Å². The molecule has 1 atom stereocenters. The monoisotopic (exact) mass is 404 g/mol. The Morgan fingerprint density at radius 1 is 1.10 bits per heavy atom. The number of hydrogen-bond acceptors (Lipinski definition) is 5. The third-order valence-electron chi connectivity index (χ3n) is 4.32. The van der Waals surface area contributed by atoms with Crippen molar-refractivity contribution in [3.63, 3.8) is 0 Å². The maximum absolute atomic E-state index is 14.0. The van der Waals surface area contributed by atoms with E-state index in [0.717, 1.165) is 19.6 Å². The standard InChI is InChI=1S/C20H18F2N2O5/c1-28-20(27)13-9-16(15(22)10-14(13)21)24-18(25)11-4-2-5-12(8-11)23-19(26)17-6-3-7-29-17/h2,4-5,8-10,17H,3,6-7H2,1H3,(H,23,26)(H,24,25)/t17-/m1/s1. The normalized spacial score (nSPS) is 15.6. The van der Waals surface area contributed by atoms with Crippen LogP contribution in [0.3, 0.4) is 0 Å².